The van der Waals surface area contributed by atoms with Gasteiger partial charge in [-0.2, -0.15) is 13.2 Å². The molecule has 1 aromatic heterocycles. The van der Waals surface area contributed by atoms with Crippen molar-refractivity contribution in [3.05, 3.63) is 163 Å². The standard InChI is InChI=1S/C41H28F3N3/c1-27-20-25-38(47-36-18-10-8-16-34(36)46(31-14-6-3-7-15-31)35-17-9-11-19-37(35)47)40-39(27)32(28-12-4-2-5-13-28)26-33(45-40)29-21-23-30(24-22-29)41(42,43)44/h2-26H,1H3. The predicted octanol–water partition coefficient (Wildman–Crippen LogP) is 12.1. The maximum absolute atomic E-state index is 13.5. The van der Waals surface area contributed by atoms with Crippen molar-refractivity contribution in [1.82, 2.24) is 4.98 Å². The van der Waals surface area contributed by atoms with Crippen molar-refractivity contribution in [3.8, 4) is 22.4 Å². The second kappa shape index (κ2) is 11.2. The molecular weight excluding hydrogens is 591 g/mol. The summed E-state index contributed by atoms with van der Waals surface area (Å²) in [6, 6.07) is 48.5. The molecule has 3 nitrogen and oxygen atoms in total. The van der Waals surface area contributed by atoms with Crippen molar-refractivity contribution in [2.45, 2.75) is 13.1 Å². The van der Waals surface area contributed by atoms with E-state index < -0.39 is 11.7 Å². The van der Waals surface area contributed by atoms with E-state index in [0.29, 0.717) is 11.3 Å². The van der Waals surface area contributed by atoms with Crippen LogP contribution in [0.15, 0.2) is 152 Å². The van der Waals surface area contributed by atoms with Crippen molar-refractivity contribution < 1.29 is 13.2 Å². The molecule has 1 aliphatic rings. The van der Waals surface area contributed by atoms with Crippen molar-refractivity contribution in [2.24, 2.45) is 0 Å². The first kappa shape index (κ1) is 28.6. The molecule has 0 atom stereocenters. The van der Waals surface area contributed by atoms with Crippen molar-refractivity contribution >= 4 is 45.0 Å². The average Bonchev–Trinajstić information content (AvgIpc) is 3.11. The molecule has 0 aliphatic carbocycles. The quantitative estimate of drug-likeness (QED) is 0.195. The number of aromatic nitrogens is 1. The van der Waals surface area contributed by atoms with E-state index in [4.69, 9.17) is 4.98 Å². The zero-order chi connectivity index (χ0) is 32.1. The molecule has 47 heavy (non-hydrogen) atoms. The van der Waals surface area contributed by atoms with Gasteiger partial charge in [0.15, 0.2) is 0 Å². The summed E-state index contributed by atoms with van der Waals surface area (Å²) in [5.74, 6) is 0. The third-order valence-corrected chi connectivity index (χ3v) is 8.72. The summed E-state index contributed by atoms with van der Waals surface area (Å²) in [5.41, 5.74) is 10.3. The van der Waals surface area contributed by atoms with Gasteiger partial charge in [-0.3, -0.25) is 0 Å². The van der Waals surface area contributed by atoms with Gasteiger partial charge in [-0.05, 0) is 84.3 Å². The van der Waals surface area contributed by atoms with Crippen LogP contribution < -0.4 is 9.80 Å². The first-order valence-corrected chi connectivity index (χ1v) is 15.4. The second-order valence-corrected chi connectivity index (χ2v) is 11.6. The lowest BCUT2D eigenvalue weighted by molar-refractivity contribution is -0.137. The van der Waals surface area contributed by atoms with Crippen LogP contribution in [0.5, 0.6) is 0 Å². The number of benzene rings is 6. The number of halogens is 3. The molecule has 0 saturated carbocycles. The van der Waals surface area contributed by atoms with Gasteiger partial charge >= 0.3 is 6.18 Å². The Balaban J connectivity index is 1.42. The van der Waals surface area contributed by atoms with Gasteiger partial charge in [0.1, 0.15) is 0 Å². The van der Waals surface area contributed by atoms with Crippen molar-refractivity contribution in [3.63, 3.8) is 0 Å². The van der Waals surface area contributed by atoms with Crippen LogP contribution in [0.3, 0.4) is 0 Å². The van der Waals surface area contributed by atoms with Gasteiger partial charge < -0.3 is 9.80 Å². The SMILES string of the molecule is Cc1ccc(N2c3ccccc3N(c3ccccc3)c3ccccc32)c2nc(-c3ccc(C(F)(F)F)cc3)cc(-c3ccccc3)c12. The lowest BCUT2D eigenvalue weighted by Crippen LogP contribution is -2.24. The van der Waals surface area contributed by atoms with Gasteiger partial charge in [0.25, 0.3) is 0 Å². The molecule has 0 saturated heterocycles. The lowest BCUT2D eigenvalue weighted by Gasteiger charge is -2.40. The van der Waals surface area contributed by atoms with Crippen LogP contribution >= 0.6 is 0 Å². The molecule has 1 aliphatic heterocycles. The molecule has 228 valence electrons. The first-order chi connectivity index (χ1) is 22.9. The molecule has 0 fully saturated rings. The third kappa shape index (κ3) is 4.90. The van der Waals surface area contributed by atoms with E-state index in [1.54, 1.807) is 0 Å². The summed E-state index contributed by atoms with van der Waals surface area (Å²) in [7, 11) is 0. The molecule has 8 rings (SSSR count). The van der Waals surface area contributed by atoms with Crippen molar-refractivity contribution in [1.29, 1.82) is 0 Å². The minimum atomic E-state index is -4.42. The van der Waals surface area contributed by atoms with Gasteiger partial charge in [-0.1, -0.05) is 91.0 Å². The number of nitrogens with zero attached hydrogens (tertiary/aromatic N) is 3. The van der Waals surface area contributed by atoms with E-state index >= 15 is 0 Å². The summed E-state index contributed by atoms with van der Waals surface area (Å²) in [4.78, 5) is 9.77. The number of rotatable bonds is 4. The zero-order valence-electron chi connectivity index (χ0n) is 25.4. The Morgan fingerprint density at radius 1 is 0.511 bits per heavy atom. The molecule has 0 N–H and O–H groups in total. The van der Waals surface area contributed by atoms with Crippen LogP contribution in [0, 0.1) is 6.92 Å². The summed E-state index contributed by atoms with van der Waals surface area (Å²) < 4.78 is 40.4. The molecule has 2 heterocycles. The highest BCUT2D eigenvalue weighted by atomic mass is 19.4. The fourth-order valence-electron chi connectivity index (χ4n) is 6.56. The number of aryl methyl sites for hydroxylation is 1. The van der Waals surface area contributed by atoms with E-state index in [9.17, 15) is 13.2 Å². The van der Waals surface area contributed by atoms with Crippen LogP contribution in [0.2, 0.25) is 0 Å². The van der Waals surface area contributed by atoms with Crippen LogP contribution in [0.25, 0.3) is 33.3 Å². The number of anilines is 6. The molecule has 0 bridgehead atoms. The maximum Gasteiger partial charge on any atom is 0.416 e. The Kier molecular flexibility index (Phi) is 6.80. The Morgan fingerprint density at radius 3 is 1.62 bits per heavy atom. The smallest absolute Gasteiger partial charge is 0.306 e. The van der Waals surface area contributed by atoms with Gasteiger partial charge in [-0.15, -0.1) is 0 Å². The third-order valence-electron chi connectivity index (χ3n) is 8.72. The Bertz CT molecular complexity index is 2200. The highest BCUT2D eigenvalue weighted by Crippen LogP contribution is 2.55. The molecule has 0 spiro atoms. The highest BCUT2D eigenvalue weighted by Gasteiger charge is 2.32. The van der Waals surface area contributed by atoms with E-state index in [1.807, 2.05) is 66.7 Å². The number of fused-ring (bicyclic) bond motifs is 3. The second-order valence-electron chi connectivity index (χ2n) is 11.6. The number of hydrogen-bond acceptors (Lipinski definition) is 3. The van der Waals surface area contributed by atoms with Crippen LogP contribution in [0.4, 0.5) is 47.3 Å². The molecule has 6 aromatic carbocycles. The average molecular weight is 620 g/mol. The van der Waals surface area contributed by atoms with E-state index in [0.717, 1.165) is 73.9 Å². The number of pyridine rings is 1. The van der Waals surface area contributed by atoms with Crippen LogP contribution in [-0.2, 0) is 6.18 Å². The van der Waals surface area contributed by atoms with E-state index in [1.165, 1.54) is 12.1 Å². The number of alkyl halides is 3. The molecule has 7 aromatic rings. The fourth-order valence-corrected chi connectivity index (χ4v) is 6.56. The summed E-state index contributed by atoms with van der Waals surface area (Å²) >= 11 is 0. The molecule has 0 unspecified atom stereocenters. The van der Waals surface area contributed by atoms with Crippen LogP contribution in [0.1, 0.15) is 11.1 Å². The van der Waals surface area contributed by atoms with Gasteiger partial charge in [0.2, 0.25) is 0 Å². The predicted molar refractivity (Wildman–Crippen MR) is 185 cm³/mol. The van der Waals surface area contributed by atoms with Gasteiger partial charge in [0, 0.05) is 16.6 Å². The summed E-state index contributed by atoms with van der Waals surface area (Å²) in [6.45, 7) is 2.08. The molecule has 0 amide bonds. The van der Waals surface area contributed by atoms with Gasteiger partial charge in [-0.25, -0.2) is 4.98 Å². The Labute approximate surface area is 270 Å². The van der Waals surface area contributed by atoms with Crippen LogP contribution in [-0.4, -0.2) is 4.98 Å². The van der Waals surface area contributed by atoms with Gasteiger partial charge in [0.05, 0.1) is 45.2 Å². The summed E-state index contributed by atoms with van der Waals surface area (Å²) in [6.07, 6.45) is -4.42. The first-order valence-electron chi connectivity index (χ1n) is 15.4. The Hall–Kier alpha value is -5.88. The maximum atomic E-state index is 13.5. The van der Waals surface area contributed by atoms with Crippen molar-refractivity contribution in [2.75, 3.05) is 9.80 Å². The van der Waals surface area contributed by atoms with E-state index in [-0.39, 0.29) is 0 Å². The topological polar surface area (TPSA) is 19.4 Å². The van der Waals surface area contributed by atoms with E-state index in [2.05, 4.69) is 77.4 Å². The number of hydrogen-bond donors (Lipinski definition) is 0. The summed E-state index contributed by atoms with van der Waals surface area (Å²) in [5, 5.41) is 0.991. The largest absolute Gasteiger partial charge is 0.416 e. The molecule has 0 radical (unpaired) electrons. The minimum Gasteiger partial charge on any atom is -0.306 e. The minimum absolute atomic E-state index is 0.599. The Morgan fingerprint density at radius 2 is 1.04 bits per heavy atom. The zero-order valence-corrected chi connectivity index (χ0v) is 25.4. The number of para-hydroxylation sites is 5. The molecule has 6 heteroatoms. The monoisotopic (exact) mass is 619 g/mol. The highest BCUT2D eigenvalue weighted by molar-refractivity contribution is 6.10. The lowest BCUT2D eigenvalue weighted by atomic mass is 9.94. The fraction of sp³-hybridized carbons (Fsp3) is 0.0488. The molecular formula is C41H28F3N3. The normalized spacial score (nSPS) is 12.6.